The number of hydrogen-bond acceptors (Lipinski definition) is 1. The highest BCUT2D eigenvalue weighted by Crippen LogP contribution is 2.27. The molecule has 0 aromatic heterocycles. The third kappa shape index (κ3) is 2.23. The zero-order valence-electron chi connectivity index (χ0n) is 8.27. The van der Waals surface area contributed by atoms with E-state index in [1.807, 2.05) is 0 Å². The fourth-order valence-corrected chi connectivity index (χ4v) is 1.64. The normalized spacial score (nSPS) is 17.2. The van der Waals surface area contributed by atoms with Gasteiger partial charge in [-0.25, -0.2) is 0 Å². The van der Waals surface area contributed by atoms with Gasteiger partial charge in [-0.15, -0.1) is 0 Å². The second kappa shape index (κ2) is 4.48. The van der Waals surface area contributed by atoms with Gasteiger partial charge in [0.15, 0.2) is 0 Å². The zero-order chi connectivity index (χ0) is 8.97. The Kier molecular flexibility index (Phi) is 3.57. The van der Waals surface area contributed by atoms with E-state index in [1.165, 1.54) is 19.3 Å². The molecule has 1 aliphatic carbocycles. The van der Waals surface area contributed by atoms with E-state index in [2.05, 4.69) is 18.7 Å². The van der Waals surface area contributed by atoms with Crippen LogP contribution in [0, 0.1) is 11.3 Å². The van der Waals surface area contributed by atoms with Crippen LogP contribution in [0.2, 0.25) is 0 Å². The first kappa shape index (κ1) is 9.56. The topological polar surface area (TPSA) is 27.1 Å². The van der Waals surface area contributed by atoms with Gasteiger partial charge >= 0.3 is 0 Å². The maximum atomic E-state index is 7.71. The number of hydrogen-bond donors (Lipinski definition) is 1. The minimum Gasteiger partial charge on any atom is -0.361 e. The fraction of sp³-hybridized carbons (Fsp3) is 0.900. The molecule has 0 unspecified atom stereocenters. The lowest BCUT2D eigenvalue weighted by Gasteiger charge is -2.32. The number of nitrogens with one attached hydrogen (secondary N) is 1. The summed E-state index contributed by atoms with van der Waals surface area (Å²) >= 11 is 0. The van der Waals surface area contributed by atoms with Gasteiger partial charge in [0.05, 0.1) is 5.84 Å². The molecule has 0 bridgehead atoms. The van der Waals surface area contributed by atoms with Gasteiger partial charge in [-0.3, -0.25) is 5.41 Å². The lowest BCUT2D eigenvalue weighted by Crippen LogP contribution is -2.36. The SMILES string of the molecule is CCC(=N)N(CC)CC1CCC1. The molecule has 2 nitrogen and oxygen atoms in total. The first-order valence-electron chi connectivity index (χ1n) is 5.10. The summed E-state index contributed by atoms with van der Waals surface area (Å²) in [6, 6.07) is 0. The highest BCUT2D eigenvalue weighted by molar-refractivity contribution is 5.78. The molecule has 12 heavy (non-hydrogen) atoms. The Morgan fingerprint density at radius 2 is 2.08 bits per heavy atom. The molecule has 0 amide bonds. The van der Waals surface area contributed by atoms with Gasteiger partial charge in [0.1, 0.15) is 0 Å². The van der Waals surface area contributed by atoms with Crippen molar-refractivity contribution in [2.45, 2.75) is 39.5 Å². The van der Waals surface area contributed by atoms with Gasteiger partial charge in [-0.2, -0.15) is 0 Å². The molecule has 0 radical (unpaired) electrons. The summed E-state index contributed by atoms with van der Waals surface area (Å²) in [4.78, 5) is 2.21. The standard InChI is InChI=1S/C10H20N2/c1-3-10(11)12(4-2)8-9-6-5-7-9/h9,11H,3-8H2,1-2H3. The van der Waals surface area contributed by atoms with Crippen LogP contribution in [-0.2, 0) is 0 Å². The van der Waals surface area contributed by atoms with E-state index in [4.69, 9.17) is 5.41 Å². The Bertz CT molecular complexity index is 150. The van der Waals surface area contributed by atoms with E-state index in [-0.39, 0.29) is 0 Å². The van der Waals surface area contributed by atoms with E-state index in [1.54, 1.807) is 0 Å². The Hall–Kier alpha value is -0.530. The smallest absolute Gasteiger partial charge is 0.0954 e. The average molecular weight is 168 g/mol. The summed E-state index contributed by atoms with van der Waals surface area (Å²) in [5, 5.41) is 7.71. The van der Waals surface area contributed by atoms with Gasteiger partial charge < -0.3 is 4.90 Å². The van der Waals surface area contributed by atoms with Crippen molar-refractivity contribution in [3.05, 3.63) is 0 Å². The molecule has 0 saturated heterocycles. The third-order valence-corrected chi connectivity index (χ3v) is 2.80. The van der Waals surface area contributed by atoms with Crippen molar-refractivity contribution in [1.82, 2.24) is 4.90 Å². The van der Waals surface area contributed by atoms with Crippen LogP contribution in [-0.4, -0.2) is 23.8 Å². The Morgan fingerprint density at radius 3 is 2.42 bits per heavy atom. The molecule has 1 rings (SSSR count). The maximum Gasteiger partial charge on any atom is 0.0954 e. The molecule has 1 aliphatic rings. The van der Waals surface area contributed by atoms with Crippen molar-refractivity contribution in [2.75, 3.05) is 13.1 Å². The monoisotopic (exact) mass is 168 g/mol. The second-order valence-electron chi connectivity index (χ2n) is 3.64. The molecule has 1 saturated carbocycles. The van der Waals surface area contributed by atoms with Crippen molar-refractivity contribution < 1.29 is 0 Å². The molecular weight excluding hydrogens is 148 g/mol. The highest BCUT2D eigenvalue weighted by Gasteiger charge is 2.20. The van der Waals surface area contributed by atoms with Gasteiger partial charge in [0.2, 0.25) is 0 Å². The van der Waals surface area contributed by atoms with Gasteiger partial charge in [0.25, 0.3) is 0 Å². The maximum absolute atomic E-state index is 7.71. The van der Waals surface area contributed by atoms with Crippen molar-refractivity contribution in [1.29, 1.82) is 5.41 Å². The lowest BCUT2D eigenvalue weighted by atomic mass is 9.85. The molecule has 0 aromatic carbocycles. The quantitative estimate of drug-likeness (QED) is 0.507. The van der Waals surface area contributed by atoms with Crippen LogP contribution in [0.15, 0.2) is 0 Å². The van der Waals surface area contributed by atoms with Crippen LogP contribution in [0.3, 0.4) is 0 Å². The van der Waals surface area contributed by atoms with Crippen LogP contribution >= 0.6 is 0 Å². The molecule has 0 aromatic rings. The van der Waals surface area contributed by atoms with Gasteiger partial charge in [-0.1, -0.05) is 13.3 Å². The molecule has 1 N–H and O–H groups in total. The summed E-state index contributed by atoms with van der Waals surface area (Å²) in [5.41, 5.74) is 0. The minimum atomic E-state index is 0.810. The highest BCUT2D eigenvalue weighted by atomic mass is 15.2. The van der Waals surface area contributed by atoms with Gasteiger partial charge in [-0.05, 0) is 25.7 Å². The molecule has 0 spiro atoms. The molecule has 0 atom stereocenters. The first-order valence-corrected chi connectivity index (χ1v) is 5.10. The Balaban J connectivity index is 2.28. The van der Waals surface area contributed by atoms with Crippen LogP contribution in [0.1, 0.15) is 39.5 Å². The molecular formula is C10H20N2. The largest absolute Gasteiger partial charge is 0.361 e. The zero-order valence-corrected chi connectivity index (χ0v) is 8.27. The predicted octanol–water partition coefficient (Wildman–Crippen LogP) is 2.50. The molecule has 70 valence electrons. The summed E-state index contributed by atoms with van der Waals surface area (Å²) in [6.45, 7) is 6.33. The van der Waals surface area contributed by atoms with Crippen molar-refractivity contribution in [3.8, 4) is 0 Å². The van der Waals surface area contributed by atoms with E-state index >= 15 is 0 Å². The van der Waals surface area contributed by atoms with Crippen LogP contribution in [0.4, 0.5) is 0 Å². The fourth-order valence-electron chi connectivity index (χ4n) is 1.64. The van der Waals surface area contributed by atoms with Crippen LogP contribution in [0.25, 0.3) is 0 Å². The molecule has 0 aliphatic heterocycles. The van der Waals surface area contributed by atoms with E-state index in [0.29, 0.717) is 0 Å². The molecule has 2 heteroatoms. The predicted molar refractivity (Wildman–Crippen MR) is 52.6 cm³/mol. The minimum absolute atomic E-state index is 0.810. The summed E-state index contributed by atoms with van der Waals surface area (Å²) in [5.74, 6) is 1.70. The first-order chi connectivity index (χ1) is 5.77. The molecule has 0 heterocycles. The van der Waals surface area contributed by atoms with Crippen LogP contribution in [0.5, 0.6) is 0 Å². The number of amidine groups is 1. The second-order valence-corrected chi connectivity index (χ2v) is 3.64. The van der Waals surface area contributed by atoms with Crippen LogP contribution < -0.4 is 0 Å². The number of nitrogens with zero attached hydrogens (tertiary/aromatic N) is 1. The summed E-state index contributed by atoms with van der Waals surface area (Å²) < 4.78 is 0. The van der Waals surface area contributed by atoms with Crippen molar-refractivity contribution in [3.63, 3.8) is 0 Å². The van der Waals surface area contributed by atoms with Crippen molar-refractivity contribution in [2.24, 2.45) is 5.92 Å². The van der Waals surface area contributed by atoms with E-state index < -0.39 is 0 Å². The Labute approximate surface area is 75.5 Å². The molecule has 1 fully saturated rings. The summed E-state index contributed by atoms with van der Waals surface area (Å²) in [7, 11) is 0. The van der Waals surface area contributed by atoms with E-state index in [9.17, 15) is 0 Å². The third-order valence-electron chi connectivity index (χ3n) is 2.80. The summed E-state index contributed by atoms with van der Waals surface area (Å²) in [6.07, 6.45) is 5.04. The number of rotatable bonds is 4. The van der Waals surface area contributed by atoms with E-state index in [0.717, 1.165) is 31.3 Å². The van der Waals surface area contributed by atoms with Crippen molar-refractivity contribution >= 4 is 5.84 Å². The lowest BCUT2D eigenvalue weighted by molar-refractivity contribution is 0.242. The van der Waals surface area contributed by atoms with Gasteiger partial charge in [0, 0.05) is 19.5 Å². The Morgan fingerprint density at radius 1 is 1.42 bits per heavy atom. The average Bonchev–Trinajstić information content (AvgIpc) is 2.02.